The predicted molar refractivity (Wildman–Crippen MR) is 60.8 cm³/mol. The molecule has 1 aromatic heterocycles. The molecule has 0 aliphatic heterocycles. The Morgan fingerprint density at radius 3 is 2.93 bits per heavy atom. The summed E-state index contributed by atoms with van der Waals surface area (Å²) in [5.74, 6) is 1.78. The highest BCUT2D eigenvalue weighted by atomic mass is 32.1. The van der Waals surface area contributed by atoms with Crippen LogP contribution in [0.5, 0.6) is 0 Å². The lowest BCUT2D eigenvalue weighted by Gasteiger charge is -2.04. The average molecular weight is 223 g/mol. The van der Waals surface area contributed by atoms with Crippen molar-refractivity contribution in [2.45, 2.75) is 25.9 Å². The second-order valence-electron chi connectivity index (χ2n) is 3.21. The molecule has 1 rings (SSSR count). The first-order chi connectivity index (χ1) is 7.11. The van der Waals surface area contributed by atoms with Crippen molar-refractivity contribution in [2.24, 2.45) is 0 Å². The molecule has 0 bridgehead atoms. The van der Waals surface area contributed by atoms with Crippen molar-refractivity contribution in [2.75, 3.05) is 0 Å². The lowest BCUT2D eigenvalue weighted by molar-refractivity contribution is -0.136. The van der Waals surface area contributed by atoms with Gasteiger partial charge in [0.15, 0.2) is 0 Å². The van der Waals surface area contributed by atoms with Crippen LogP contribution in [0.3, 0.4) is 0 Å². The standard InChI is InChI=1S/C11H13NO2S/c1-3-8(2)12-7-10-5-4-9(15-10)6-11(13)14/h1,4-5,8,12H,6-7H2,2H3,(H,13,14). The van der Waals surface area contributed by atoms with Gasteiger partial charge in [0.25, 0.3) is 0 Å². The van der Waals surface area contributed by atoms with Gasteiger partial charge in [-0.3, -0.25) is 10.1 Å². The molecule has 0 radical (unpaired) electrons. The monoisotopic (exact) mass is 223 g/mol. The fraction of sp³-hybridized carbons (Fsp3) is 0.364. The minimum Gasteiger partial charge on any atom is -0.481 e. The van der Waals surface area contributed by atoms with E-state index in [9.17, 15) is 4.79 Å². The molecule has 1 atom stereocenters. The van der Waals surface area contributed by atoms with Gasteiger partial charge in [-0.2, -0.15) is 0 Å². The maximum atomic E-state index is 10.5. The van der Waals surface area contributed by atoms with Crippen molar-refractivity contribution in [3.8, 4) is 12.3 Å². The molecular formula is C11H13NO2S. The Labute approximate surface area is 93.1 Å². The fourth-order valence-corrected chi connectivity index (χ4v) is 2.03. The molecule has 80 valence electrons. The number of hydrogen-bond donors (Lipinski definition) is 2. The van der Waals surface area contributed by atoms with Crippen LogP contribution in [0.25, 0.3) is 0 Å². The summed E-state index contributed by atoms with van der Waals surface area (Å²) in [7, 11) is 0. The fourth-order valence-electron chi connectivity index (χ4n) is 1.07. The van der Waals surface area contributed by atoms with E-state index in [0.717, 1.165) is 9.75 Å². The van der Waals surface area contributed by atoms with E-state index in [1.807, 2.05) is 19.1 Å². The zero-order chi connectivity index (χ0) is 11.3. The third kappa shape index (κ3) is 4.15. The van der Waals surface area contributed by atoms with Gasteiger partial charge in [0, 0.05) is 16.3 Å². The summed E-state index contributed by atoms with van der Waals surface area (Å²) in [6.45, 7) is 2.60. The summed E-state index contributed by atoms with van der Waals surface area (Å²) in [5.41, 5.74) is 0. The first-order valence-corrected chi connectivity index (χ1v) is 5.42. The molecule has 1 unspecified atom stereocenters. The summed E-state index contributed by atoms with van der Waals surface area (Å²) >= 11 is 1.50. The molecule has 0 spiro atoms. The van der Waals surface area contributed by atoms with Crippen LogP contribution in [-0.4, -0.2) is 17.1 Å². The van der Waals surface area contributed by atoms with Gasteiger partial charge in [0.05, 0.1) is 12.5 Å². The van der Waals surface area contributed by atoms with E-state index in [4.69, 9.17) is 11.5 Å². The highest BCUT2D eigenvalue weighted by molar-refractivity contribution is 7.12. The molecule has 15 heavy (non-hydrogen) atoms. The number of rotatable bonds is 5. The molecule has 2 N–H and O–H groups in total. The quantitative estimate of drug-likeness (QED) is 0.743. The van der Waals surface area contributed by atoms with E-state index in [-0.39, 0.29) is 12.5 Å². The lowest BCUT2D eigenvalue weighted by Crippen LogP contribution is -2.22. The molecule has 3 nitrogen and oxygen atoms in total. The average Bonchev–Trinajstić information content (AvgIpc) is 2.61. The van der Waals surface area contributed by atoms with Crippen molar-refractivity contribution in [3.63, 3.8) is 0 Å². The van der Waals surface area contributed by atoms with Crippen LogP contribution in [-0.2, 0) is 17.8 Å². The van der Waals surface area contributed by atoms with Gasteiger partial charge in [-0.25, -0.2) is 0 Å². The van der Waals surface area contributed by atoms with E-state index in [2.05, 4.69) is 11.2 Å². The number of nitrogens with one attached hydrogen (secondary N) is 1. The van der Waals surface area contributed by atoms with Gasteiger partial charge in [-0.1, -0.05) is 5.92 Å². The molecule has 0 saturated carbocycles. The Morgan fingerprint density at radius 1 is 1.67 bits per heavy atom. The highest BCUT2D eigenvalue weighted by Crippen LogP contribution is 2.16. The Hall–Kier alpha value is -1.31. The number of carboxylic acids is 1. The predicted octanol–water partition coefficient (Wildman–Crippen LogP) is 1.49. The van der Waals surface area contributed by atoms with Gasteiger partial charge >= 0.3 is 5.97 Å². The summed E-state index contributed by atoms with van der Waals surface area (Å²) in [4.78, 5) is 12.4. The van der Waals surface area contributed by atoms with Crippen molar-refractivity contribution in [3.05, 3.63) is 21.9 Å². The SMILES string of the molecule is C#CC(C)NCc1ccc(CC(=O)O)s1. The van der Waals surface area contributed by atoms with E-state index in [0.29, 0.717) is 6.54 Å². The first kappa shape index (κ1) is 11.8. The third-order valence-corrected chi connectivity index (χ3v) is 2.96. The Kier molecular flexibility index (Phi) is 4.35. The summed E-state index contributed by atoms with van der Waals surface area (Å²) in [5, 5.41) is 11.7. The van der Waals surface area contributed by atoms with Gasteiger partial charge in [0.2, 0.25) is 0 Å². The van der Waals surface area contributed by atoms with Crippen molar-refractivity contribution in [1.29, 1.82) is 0 Å². The van der Waals surface area contributed by atoms with Crippen LogP contribution in [0.1, 0.15) is 16.7 Å². The van der Waals surface area contributed by atoms with Crippen LogP contribution in [0.4, 0.5) is 0 Å². The van der Waals surface area contributed by atoms with Crippen LogP contribution in [0.15, 0.2) is 12.1 Å². The molecular weight excluding hydrogens is 210 g/mol. The highest BCUT2D eigenvalue weighted by Gasteiger charge is 2.04. The smallest absolute Gasteiger partial charge is 0.308 e. The number of carbonyl (C=O) groups is 1. The first-order valence-electron chi connectivity index (χ1n) is 4.60. The van der Waals surface area contributed by atoms with E-state index >= 15 is 0 Å². The number of carboxylic acid groups (broad SMARTS) is 1. The zero-order valence-electron chi connectivity index (χ0n) is 8.49. The van der Waals surface area contributed by atoms with Crippen LogP contribution in [0.2, 0.25) is 0 Å². The number of terminal acetylenes is 1. The number of aliphatic carboxylic acids is 1. The molecule has 0 aromatic carbocycles. The lowest BCUT2D eigenvalue weighted by atomic mass is 10.3. The normalized spacial score (nSPS) is 12.0. The zero-order valence-corrected chi connectivity index (χ0v) is 9.30. The summed E-state index contributed by atoms with van der Waals surface area (Å²) in [6, 6.07) is 3.81. The van der Waals surface area contributed by atoms with Gasteiger partial charge in [-0.05, 0) is 19.1 Å². The molecule has 0 fully saturated rings. The van der Waals surface area contributed by atoms with E-state index in [1.54, 1.807) is 0 Å². The summed E-state index contributed by atoms with van der Waals surface area (Å²) in [6.07, 6.45) is 5.31. The van der Waals surface area contributed by atoms with E-state index < -0.39 is 5.97 Å². The maximum absolute atomic E-state index is 10.5. The minimum absolute atomic E-state index is 0.0371. The number of hydrogen-bond acceptors (Lipinski definition) is 3. The van der Waals surface area contributed by atoms with Gasteiger partial charge < -0.3 is 5.11 Å². The molecule has 0 saturated heterocycles. The second-order valence-corrected chi connectivity index (χ2v) is 4.46. The van der Waals surface area contributed by atoms with Crippen molar-refractivity contribution >= 4 is 17.3 Å². The minimum atomic E-state index is -0.798. The molecule has 0 amide bonds. The molecule has 1 aromatic rings. The topological polar surface area (TPSA) is 49.3 Å². The largest absolute Gasteiger partial charge is 0.481 e. The van der Waals surface area contributed by atoms with Crippen LogP contribution >= 0.6 is 11.3 Å². The molecule has 4 heteroatoms. The maximum Gasteiger partial charge on any atom is 0.308 e. The third-order valence-electron chi connectivity index (χ3n) is 1.88. The van der Waals surface area contributed by atoms with Crippen LogP contribution in [0, 0.1) is 12.3 Å². The van der Waals surface area contributed by atoms with Crippen molar-refractivity contribution < 1.29 is 9.90 Å². The number of thiophene rings is 1. The Morgan fingerprint density at radius 2 is 2.33 bits per heavy atom. The van der Waals surface area contributed by atoms with Crippen molar-refractivity contribution in [1.82, 2.24) is 5.32 Å². The Bertz CT molecular complexity index is 378. The molecule has 0 aliphatic carbocycles. The summed E-state index contributed by atoms with van der Waals surface area (Å²) < 4.78 is 0. The van der Waals surface area contributed by atoms with E-state index in [1.165, 1.54) is 11.3 Å². The molecule has 1 heterocycles. The Balaban J connectivity index is 2.47. The van der Waals surface area contributed by atoms with Gasteiger partial charge in [0.1, 0.15) is 0 Å². The van der Waals surface area contributed by atoms with Gasteiger partial charge in [-0.15, -0.1) is 17.8 Å². The molecule has 0 aliphatic rings. The second kappa shape index (κ2) is 5.54. The van der Waals surface area contributed by atoms with Crippen LogP contribution < -0.4 is 5.32 Å².